The minimum atomic E-state index is -0.961. The molecule has 0 aromatic heterocycles. The maximum absolute atomic E-state index is 12.6. The second-order valence-corrected chi connectivity index (χ2v) is 6.70. The summed E-state index contributed by atoms with van der Waals surface area (Å²) in [6.45, 7) is 0.410. The van der Waals surface area contributed by atoms with Crippen LogP contribution in [0.1, 0.15) is 17.2 Å². The minimum absolute atomic E-state index is 0.0470. The number of methoxy groups -OCH3 is 1. The van der Waals surface area contributed by atoms with Crippen LogP contribution in [-0.2, 0) is 16.1 Å². The summed E-state index contributed by atoms with van der Waals surface area (Å²) in [7, 11) is 1.53. The van der Waals surface area contributed by atoms with Gasteiger partial charge in [-0.3, -0.25) is 10.2 Å². The largest absolute Gasteiger partial charge is 0.493 e. The number of ether oxygens (including phenoxy) is 3. The fourth-order valence-corrected chi connectivity index (χ4v) is 2.80. The topological polar surface area (TPSA) is 68.8 Å². The molecule has 2 aromatic rings. The molecule has 0 saturated heterocycles. The zero-order chi connectivity index (χ0) is 21.9. The molecule has 0 heterocycles. The van der Waals surface area contributed by atoms with Crippen molar-refractivity contribution in [3.05, 3.63) is 57.6 Å². The number of terminal acetylenes is 2. The molecular weight excluding hydrogens is 427 g/mol. The summed E-state index contributed by atoms with van der Waals surface area (Å²) in [5.41, 5.74) is 6.82. The third kappa shape index (κ3) is 6.59. The number of benzene rings is 2. The third-order valence-electron chi connectivity index (χ3n) is 3.86. The number of halogens is 2. The lowest BCUT2D eigenvalue weighted by Crippen LogP contribution is -2.40. The molecule has 0 aliphatic rings. The van der Waals surface area contributed by atoms with Gasteiger partial charge < -0.3 is 14.2 Å². The van der Waals surface area contributed by atoms with Gasteiger partial charge in [0.2, 0.25) is 0 Å². The molecule has 0 aliphatic carbocycles. The Kier molecular flexibility index (Phi) is 9.34. The summed E-state index contributed by atoms with van der Waals surface area (Å²) in [6.07, 6.45) is 9.50. The highest BCUT2D eigenvalue weighted by atomic mass is 35.5. The van der Waals surface area contributed by atoms with Crippen molar-refractivity contribution in [2.24, 2.45) is 0 Å². The first-order chi connectivity index (χ1) is 14.5. The lowest BCUT2D eigenvalue weighted by Gasteiger charge is -2.18. The number of hydrogen-bond acceptors (Lipinski definition) is 5. The summed E-state index contributed by atoms with van der Waals surface area (Å²) < 4.78 is 16.2. The molecule has 2 N–H and O–H groups in total. The van der Waals surface area contributed by atoms with Gasteiger partial charge in [-0.05, 0) is 35.4 Å². The fourth-order valence-electron chi connectivity index (χ4n) is 2.49. The van der Waals surface area contributed by atoms with Crippen molar-refractivity contribution in [1.82, 2.24) is 10.9 Å². The van der Waals surface area contributed by atoms with Crippen LogP contribution in [0.2, 0.25) is 10.0 Å². The highest BCUT2D eigenvalue weighted by molar-refractivity contribution is 6.42. The molecule has 1 atom stereocenters. The Labute approximate surface area is 185 Å². The minimum Gasteiger partial charge on any atom is -0.493 e. The smallest absolute Gasteiger partial charge is 0.267 e. The SMILES string of the molecule is C#CCOc1ccc(CNNC(=O)C(OCC#C)c2ccc(Cl)c(Cl)c2)cc1OC. The quantitative estimate of drug-likeness (QED) is 0.431. The molecule has 2 aromatic carbocycles. The molecule has 2 rings (SSSR count). The zero-order valence-corrected chi connectivity index (χ0v) is 17.7. The van der Waals surface area contributed by atoms with Crippen LogP contribution in [0.25, 0.3) is 0 Å². The van der Waals surface area contributed by atoms with Crippen molar-refractivity contribution in [2.75, 3.05) is 20.3 Å². The number of hydrogen-bond donors (Lipinski definition) is 2. The molecule has 30 heavy (non-hydrogen) atoms. The molecule has 6 nitrogen and oxygen atoms in total. The average Bonchev–Trinajstić information content (AvgIpc) is 2.75. The fraction of sp³-hybridized carbons (Fsp3) is 0.227. The Balaban J connectivity index is 2.02. The molecule has 0 spiro atoms. The number of hydrazine groups is 1. The number of amides is 1. The number of carbonyl (C=O) groups excluding carboxylic acids is 1. The van der Waals surface area contributed by atoms with E-state index in [4.69, 9.17) is 50.3 Å². The van der Waals surface area contributed by atoms with Crippen molar-refractivity contribution in [2.45, 2.75) is 12.6 Å². The molecule has 1 unspecified atom stereocenters. The summed E-state index contributed by atoms with van der Waals surface area (Å²) in [5, 5.41) is 0.682. The molecule has 8 heteroatoms. The summed E-state index contributed by atoms with van der Waals surface area (Å²) in [4.78, 5) is 12.6. The lowest BCUT2D eigenvalue weighted by molar-refractivity contribution is -0.133. The maximum atomic E-state index is 12.6. The van der Waals surface area contributed by atoms with Gasteiger partial charge in [0.1, 0.15) is 13.2 Å². The van der Waals surface area contributed by atoms with E-state index in [-0.39, 0.29) is 13.2 Å². The average molecular weight is 447 g/mol. The Morgan fingerprint density at radius 3 is 2.50 bits per heavy atom. The van der Waals surface area contributed by atoms with Crippen LogP contribution in [0.4, 0.5) is 0 Å². The van der Waals surface area contributed by atoms with Gasteiger partial charge in [0.15, 0.2) is 17.6 Å². The first kappa shape index (κ1) is 23.4. The number of carbonyl (C=O) groups is 1. The van der Waals surface area contributed by atoms with E-state index in [1.165, 1.54) is 7.11 Å². The van der Waals surface area contributed by atoms with Crippen LogP contribution < -0.4 is 20.3 Å². The summed E-state index contributed by atoms with van der Waals surface area (Å²) in [5.74, 6) is 5.36. The molecule has 0 bridgehead atoms. The summed E-state index contributed by atoms with van der Waals surface area (Å²) in [6, 6.07) is 10.1. The third-order valence-corrected chi connectivity index (χ3v) is 4.60. The van der Waals surface area contributed by atoms with E-state index in [9.17, 15) is 4.79 Å². The second kappa shape index (κ2) is 12.0. The molecular formula is C22H20Cl2N2O4. The van der Waals surface area contributed by atoms with Gasteiger partial charge >= 0.3 is 0 Å². The first-order valence-electron chi connectivity index (χ1n) is 8.76. The van der Waals surface area contributed by atoms with Crippen molar-refractivity contribution < 1.29 is 19.0 Å². The zero-order valence-electron chi connectivity index (χ0n) is 16.2. The van der Waals surface area contributed by atoms with E-state index in [1.807, 2.05) is 6.07 Å². The Morgan fingerprint density at radius 2 is 1.83 bits per heavy atom. The van der Waals surface area contributed by atoms with Crippen LogP contribution in [0, 0.1) is 24.7 Å². The first-order valence-corrected chi connectivity index (χ1v) is 9.51. The van der Waals surface area contributed by atoms with Gasteiger partial charge in [-0.15, -0.1) is 12.8 Å². The van der Waals surface area contributed by atoms with Crippen molar-refractivity contribution in [3.8, 4) is 36.2 Å². The van der Waals surface area contributed by atoms with Gasteiger partial charge in [-0.1, -0.05) is 47.2 Å². The Morgan fingerprint density at radius 1 is 1.07 bits per heavy atom. The Hall–Kier alpha value is -2.87. The summed E-state index contributed by atoms with van der Waals surface area (Å²) >= 11 is 12.0. The molecule has 0 fully saturated rings. The standard InChI is InChI=1S/C22H20Cl2N2O4/c1-4-10-29-19-9-6-15(12-20(19)28-3)14-25-26-22(27)21(30-11-5-2)16-7-8-17(23)18(24)13-16/h1-2,6-9,12-13,21,25H,10-11,14H2,3H3,(H,26,27). The van der Waals surface area contributed by atoms with Gasteiger partial charge in [-0.2, -0.15) is 0 Å². The lowest BCUT2D eigenvalue weighted by atomic mass is 10.1. The second-order valence-electron chi connectivity index (χ2n) is 5.89. The Bertz CT molecular complexity index is 967. The highest BCUT2D eigenvalue weighted by Crippen LogP contribution is 2.28. The van der Waals surface area contributed by atoms with Crippen molar-refractivity contribution in [3.63, 3.8) is 0 Å². The monoisotopic (exact) mass is 446 g/mol. The van der Waals surface area contributed by atoms with Gasteiger partial charge in [0.05, 0.1) is 17.2 Å². The molecule has 0 saturated carbocycles. The molecule has 0 radical (unpaired) electrons. The van der Waals surface area contributed by atoms with Crippen LogP contribution in [0.5, 0.6) is 11.5 Å². The predicted octanol–water partition coefficient (Wildman–Crippen LogP) is 3.53. The van der Waals surface area contributed by atoms with Crippen molar-refractivity contribution in [1.29, 1.82) is 0 Å². The normalized spacial score (nSPS) is 11.1. The predicted molar refractivity (Wildman–Crippen MR) is 116 cm³/mol. The number of nitrogens with one attached hydrogen (secondary N) is 2. The van der Waals surface area contributed by atoms with E-state index in [2.05, 4.69) is 22.7 Å². The number of rotatable bonds is 10. The van der Waals surface area contributed by atoms with Gasteiger partial charge in [-0.25, -0.2) is 5.43 Å². The van der Waals surface area contributed by atoms with E-state index >= 15 is 0 Å². The van der Waals surface area contributed by atoms with Gasteiger partial charge in [0, 0.05) is 6.54 Å². The molecule has 0 aliphatic heterocycles. The molecule has 1 amide bonds. The van der Waals surface area contributed by atoms with E-state index in [0.717, 1.165) is 5.56 Å². The van der Waals surface area contributed by atoms with Crippen LogP contribution in [-0.4, -0.2) is 26.2 Å². The molecule has 156 valence electrons. The van der Waals surface area contributed by atoms with E-state index in [0.29, 0.717) is 33.7 Å². The van der Waals surface area contributed by atoms with Crippen LogP contribution in [0.15, 0.2) is 36.4 Å². The van der Waals surface area contributed by atoms with Crippen LogP contribution >= 0.6 is 23.2 Å². The maximum Gasteiger partial charge on any atom is 0.267 e. The van der Waals surface area contributed by atoms with Gasteiger partial charge in [0.25, 0.3) is 5.91 Å². The highest BCUT2D eigenvalue weighted by Gasteiger charge is 2.22. The van der Waals surface area contributed by atoms with E-state index in [1.54, 1.807) is 30.3 Å². The van der Waals surface area contributed by atoms with Crippen molar-refractivity contribution >= 4 is 29.1 Å². The van der Waals surface area contributed by atoms with E-state index < -0.39 is 12.0 Å². The van der Waals surface area contributed by atoms with Crippen LogP contribution in [0.3, 0.4) is 0 Å².